The number of aryl methyl sites for hydroxylation is 2. The second-order valence-electron chi connectivity index (χ2n) is 20.1. The standard InChI is InChI=1S/C54H54Cl4F6N14O10/c1-23-69-53(77(72-23)37-15-27(55)5-7-29(37)57)51-49(45(47(83)39(19-79)87-51)75(66)17-35(65)25-11-31(59)43(63)32(60)12-25)85-21-41(81)67-9-3-4-10-68-42(82)22-86-50-46(76-18-36(71-74-76)26-13-33(61)44(64)34(62)14-26)48(84)40(20-80)88-52(50)54-70-24(2)73-78(54)38-16-28(56)6-8-30(38)58/h5-8,11-18,39-40,45-52,79-80,83-84H,3-4,9-10,19-22,65-66H2,1-2H3,(H,67,81)(H,68,82)/b35-17-. The van der Waals surface area contributed by atoms with Gasteiger partial charge in [0, 0.05) is 40.5 Å². The van der Waals surface area contributed by atoms with Crippen molar-refractivity contribution < 1.29 is 75.3 Å². The number of carbonyl (C=O) groups is 2. The minimum absolute atomic E-state index is 0.0102. The number of unbranched alkanes of at least 4 members (excludes halogenated alkanes) is 1. The minimum Gasteiger partial charge on any atom is -0.397 e. The van der Waals surface area contributed by atoms with Crippen LogP contribution in [0.2, 0.25) is 20.1 Å². The zero-order chi connectivity index (χ0) is 63.4. The number of hydrogen-bond acceptors (Lipinski definition) is 19. The molecule has 2 aliphatic heterocycles. The van der Waals surface area contributed by atoms with Crippen LogP contribution in [0.4, 0.5) is 26.3 Å². The average molecular weight is 1310 g/mol. The lowest BCUT2D eigenvalue weighted by Gasteiger charge is -2.46. The fourth-order valence-corrected chi connectivity index (χ4v) is 10.7. The molecule has 2 saturated heterocycles. The third-order valence-electron chi connectivity index (χ3n) is 14.1. The van der Waals surface area contributed by atoms with Gasteiger partial charge in [0.15, 0.2) is 46.6 Å². The lowest BCUT2D eigenvalue weighted by Crippen LogP contribution is -2.63. The van der Waals surface area contributed by atoms with Crippen LogP contribution in [0.1, 0.15) is 60.0 Å². The van der Waals surface area contributed by atoms with E-state index >= 15 is 0 Å². The van der Waals surface area contributed by atoms with E-state index in [1.165, 1.54) is 52.0 Å². The van der Waals surface area contributed by atoms with Gasteiger partial charge in [-0.2, -0.15) is 10.2 Å². The van der Waals surface area contributed by atoms with Gasteiger partial charge in [0.2, 0.25) is 11.8 Å². The lowest BCUT2D eigenvalue weighted by molar-refractivity contribution is -0.227. The van der Waals surface area contributed by atoms with Crippen molar-refractivity contribution in [3.8, 4) is 22.6 Å². The molecule has 3 aromatic heterocycles. The highest BCUT2D eigenvalue weighted by molar-refractivity contribution is 6.35. The molecule has 10 atom stereocenters. The van der Waals surface area contributed by atoms with Gasteiger partial charge >= 0.3 is 0 Å². The van der Waals surface area contributed by atoms with E-state index in [4.69, 9.17) is 76.9 Å². The maximum atomic E-state index is 14.4. The Labute approximate surface area is 515 Å². The molecule has 10 unspecified atom stereocenters. The van der Waals surface area contributed by atoms with Gasteiger partial charge in [-0.1, -0.05) is 51.6 Å². The molecular weight excluding hydrogens is 1260 g/mol. The van der Waals surface area contributed by atoms with Crippen molar-refractivity contribution in [1.29, 1.82) is 0 Å². The van der Waals surface area contributed by atoms with Crippen LogP contribution in [0.3, 0.4) is 0 Å². The molecule has 0 spiro atoms. The summed E-state index contributed by atoms with van der Waals surface area (Å²) in [5.74, 6) is -4.09. The molecule has 88 heavy (non-hydrogen) atoms. The maximum Gasteiger partial charge on any atom is 0.246 e. The van der Waals surface area contributed by atoms with Crippen LogP contribution < -0.4 is 22.2 Å². The van der Waals surface area contributed by atoms with Crippen molar-refractivity contribution in [2.45, 2.75) is 87.6 Å². The first-order valence-electron chi connectivity index (χ1n) is 26.6. The highest BCUT2D eigenvalue weighted by Gasteiger charge is 2.52. The summed E-state index contributed by atoms with van der Waals surface area (Å²) >= 11 is 25.9. The largest absolute Gasteiger partial charge is 0.397 e. The summed E-state index contributed by atoms with van der Waals surface area (Å²) in [5, 5.41) is 68.6. The number of aromatic nitrogens is 9. The summed E-state index contributed by atoms with van der Waals surface area (Å²) in [5.41, 5.74) is 5.53. The van der Waals surface area contributed by atoms with Crippen LogP contribution >= 0.6 is 46.4 Å². The Bertz CT molecular complexity index is 3680. The maximum absolute atomic E-state index is 14.4. The zero-order valence-corrected chi connectivity index (χ0v) is 49.0. The number of nitrogens with one attached hydrogen (secondary N) is 2. The molecule has 0 saturated carbocycles. The van der Waals surface area contributed by atoms with Crippen molar-refractivity contribution in [3.63, 3.8) is 0 Å². The molecule has 0 radical (unpaired) electrons. The number of nitrogens with zero attached hydrogens (tertiary/aromatic N) is 10. The molecule has 0 bridgehead atoms. The number of hydrazine groups is 1. The van der Waals surface area contributed by atoms with Gasteiger partial charge < -0.3 is 60.7 Å². The number of nitrogens with two attached hydrogens (primary N) is 2. The highest BCUT2D eigenvalue weighted by Crippen LogP contribution is 2.42. The predicted molar refractivity (Wildman–Crippen MR) is 301 cm³/mol. The Balaban J connectivity index is 0.885. The molecule has 7 aromatic rings. The van der Waals surface area contributed by atoms with Crippen molar-refractivity contribution >= 4 is 63.9 Å². The molecule has 10 N–H and O–H groups in total. The zero-order valence-electron chi connectivity index (χ0n) is 46.0. The molecule has 2 fully saturated rings. The summed E-state index contributed by atoms with van der Waals surface area (Å²) in [6, 6.07) is 8.75. The fourth-order valence-electron chi connectivity index (χ4n) is 9.96. The number of rotatable bonds is 22. The minimum atomic E-state index is -1.75. The average Bonchev–Trinajstić information content (AvgIpc) is 1.54. The Kier molecular flexibility index (Phi) is 21.0. The van der Waals surface area contributed by atoms with Gasteiger partial charge in [-0.3, -0.25) is 9.59 Å². The second-order valence-corrected chi connectivity index (χ2v) is 21.8. The first kappa shape index (κ1) is 65.4. The van der Waals surface area contributed by atoms with Gasteiger partial charge in [-0.05, 0) is 87.4 Å². The molecule has 24 nitrogen and oxygen atoms in total. The van der Waals surface area contributed by atoms with Gasteiger partial charge in [-0.25, -0.2) is 56.2 Å². The molecule has 2 amide bonds. The van der Waals surface area contributed by atoms with Crippen molar-refractivity contribution in [2.24, 2.45) is 11.6 Å². The van der Waals surface area contributed by atoms with Gasteiger partial charge in [0.1, 0.15) is 91.5 Å². The monoisotopic (exact) mass is 1310 g/mol. The van der Waals surface area contributed by atoms with Gasteiger partial charge in [0.05, 0.1) is 46.5 Å². The third-order valence-corrected chi connectivity index (χ3v) is 15.2. The van der Waals surface area contributed by atoms with E-state index in [1.807, 2.05) is 0 Å². The first-order chi connectivity index (χ1) is 42.0. The SMILES string of the molecule is Cc1nc(C2OC(CO)C(O)C(N(N)/C=C(\N)c3cc(F)c(F)c(F)c3)C2OCC(=O)NCCCCNC(=O)COC2C(c3nc(C)nn3-c3cc(Cl)ccc3Cl)OC(CO)C(O)C2n2cc(-c3cc(F)c(F)c(F)c3)nn2)n(-c2cc(Cl)ccc2Cl)n1. The Morgan fingerprint density at radius 2 is 1.17 bits per heavy atom. The number of aliphatic hydroxyl groups is 4. The van der Waals surface area contributed by atoms with Crippen LogP contribution in [0.15, 0.2) is 73.1 Å². The third kappa shape index (κ3) is 14.3. The molecule has 4 aromatic carbocycles. The van der Waals surface area contributed by atoms with E-state index in [0.717, 1.165) is 15.9 Å². The molecule has 0 aliphatic carbocycles. The number of amides is 2. The van der Waals surface area contributed by atoms with Crippen molar-refractivity contribution in [2.75, 3.05) is 39.5 Å². The van der Waals surface area contributed by atoms with Gasteiger partial charge in [-0.15, -0.1) is 5.10 Å². The van der Waals surface area contributed by atoms with E-state index in [1.54, 1.807) is 13.8 Å². The first-order valence-corrected chi connectivity index (χ1v) is 28.1. The number of benzene rings is 4. The van der Waals surface area contributed by atoms with Crippen LogP contribution in [0, 0.1) is 48.8 Å². The fraction of sp³-hybridized carbons (Fsp3) is 0.370. The van der Waals surface area contributed by atoms with E-state index in [-0.39, 0.29) is 97.5 Å². The van der Waals surface area contributed by atoms with Crippen molar-refractivity contribution in [1.82, 2.24) is 60.2 Å². The van der Waals surface area contributed by atoms with Crippen LogP contribution in [-0.4, -0.2) is 164 Å². The summed E-state index contributed by atoms with van der Waals surface area (Å²) in [7, 11) is 0. The number of ether oxygens (including phenoxy) is 4. The topological polar surface area (TPSA) is 323 Å². The van der Waals surface area contributed by atoms with Gasteiger partial charge in [0.25, 0.3) is 0 Å². The summed E-state index contributed by atoms with van der Waals surface area (Å²) < 4.78 is 114. The summed E-state index contributed by atoms with van der Waals surface area (Å²) in [6.45, 7) is 0.131. The van der Waals surface area contributed by atoms with E-state index in [2.05, 4.69) is 41.1 Å². The van der Waals surface area contributed by atoms with E-state index < -0.39 is 140 Å². The highest BCUT2D eigenvalue weighted by atomic mass is 35.5. The Morgan fingerprint density at radius 1 is 0.705 bits per heavy atom. The number of halogens is 10. The lowest BCUT2D eigenvalue weighted by atomic mass is 9.91. The molecule has 5 heterocycles. The second kappa shape index (κ2) is 28.2. The quantitative estimate of drug-likeness (QED) is 0.0146. The molecule has 9 rings (SSSR count). The molecular formula is C54H54Cl4F6N14O10. The smallest absolute Gasteiger partial charge is 0.246 e. The van der Waals surface area contributed by atoms with Crippen molar-refractivity contribution in [3.05, 3.63) is 157 Å². The number of carbonyl (C=O) groups excluding carboxylic acids is 2. The Hall–Kier alpha value is -7.04. The molecule has 34 heteroatoms. The van der Waals surface area contributed by atoms with E-state index in [9.17, 15) is 56.4 Å². The van der Waals surface area contributed by atoms with Crippen LogP contribution in [0.25, 0.3) is 28.3 Å². The normalized spacial score (nSPS) is 22.3. The summed E-state index contributed by atoms with van der Waals surface area (Å²) in [4.78, 5) is 36.2. The van der Waals surface area contributed by atoms with E-state index in [0.29, 0.717) is 24.3 Å². The summed E-state index contributed by atoms with van der Waals surface area (Å²) in [6.07, 6.45) is -9.32. The van der Waals surface area contributed by atoms with Crippen LogP contribution in [0.5, 0.6) is 0 Å². The Morgan fingerprint density at radius 3 is 1.67 bits per heavy atom. The molecule has 2 aliphatic rings. The molecule has 470 valence electrons. The van der Waals surface area contributed by atoms with Crippen LogP contribution in [-0.2, 0) is 28.5 Å². The predicted octanol–water partition coefficient (Wildman–Crippen LogP) is 4.98. The number of hydrogen-bond donors (Lipinski definition) is 8. The number of aliphatic hydroxyl groups excluding tert-OH is 4.